The Labute approximate surface area is 216 Å². The molecule has 7 nitrogen and oxygen atoms in total. The zero-order valence-corrected chi connectivity index (χ0v) is 21.7. The summed E-state index contributed by atoms with van der Waals surface area (Å²) in [7, 11) is 0. The van der Waals surface area contributed by atoms with Crippen molar-refractivity contribution in [1.82, 2.24) is 20.2 Å². The molecule has 0 aliphatic carbocycles. The number of hydrogen-bond acceptors (Lipinski definition) is 6. The van der Waals surface area contributed by atoms with E-state index in [0.717, 1.165) is 27.0 Å². The number of hydrazone groups is 1. The molecular weight excluding hydrogens is 526 g/mol. The summed E-state index contributed by atoms with van der Waals surface area (Å²) in [6.07, 6.45) is 0. The van der Waals surface area contributed by atoms with E-state index in [4.69, 9.17) is 4.74 Å². The molecule has 0 saturated heterocycles. The summed E-state index contributed by atoms with van der Waals surface area (Å²) in [5.41, 5.74) is 6.08. The van der Waals surface area contributed by atoms with Gasteiger partial charge in [-0.1, -0.05) is 70.2 Å². The van der Waals surface area contributed by atoms with E-state index in [1.165, 1.54) is 11.8 Å². The van der Waals surface area contributed by atoms with Crippen LogP contribution in [0.5, 0.6) is 5.75 Å². The number of nitrogens with one attached hydrogen (secondary N) is 1. The molecule has 1 N–H and O–H groups in total. The van der Waals surface area contributed by atoms with Crippen LogP contribution < -0.4 is 10.2 Å². The van der Waals surface area contributed by atoms with Crippen molar-refractivity contribution in [2.24, 2.45) is 5.10 Å². The molecule has 0 atom stereocenters. The zero-order chi connectivity index (χ0) is 24.6. The molecule has 35 heavy (non-hydrogen) atoms. The highest BCUT2D eigenvalue weighted by Crippen LogP contribution is 2.28. The van der Waals surface area contributed by atoms with Gasteiger partial charge in [-0.3, -0.25) is 9.36 Å². The number of rotatable bonds is 9. The van der Waals surface area contributed by atoms with Gasteiger partial charge in [-0.05, 0) is 55.8 Å². The molecule has 0 spiro atoms. The molecule has 4 rings (SSSR count). The minimum Gasteiger partial charge on any atom is -0.494 e. The topological polar surface area (TPSA) is 81.4 Å². The molecule has 9 heteroatoms. The lowest BCUT2D eigenvalue weighted by molar-refractivity contribution is -0.118. The van der Waals surface area contributed by atoms with E-state index >= 15 is 0 Å². The summed E-state index contributed by atoms with van der Waals surface area (Å²) in [6.45, 7) is 4.40. The number of nitrogens with zero attached hydrogens (tertiary/aromatic N) is 4. The van der Waals surface area contributed by atoms with Crippen molar-refractivity contribution in [2.45, 2.75) is 19.0 Å². The molecule has 1 aromatic heterocycles. The van der Waals surface area contributed by atoms with Crippen molar-refractivity contribution in [3.63, 3.8) is 0 Å². The van der Waals surface area contributed by atoms with Crippen LogP contribution in [0.3, 0.4) is 0 Å². The Bertz CT molecular complexity index is 1320. The van der Waals surface area contributed by atoms with Gasteiger partial charge < -0.3 is 4.74 Å². The van der Waals surface area contributed by atoms with Gasteiger partial charge in [0.15, 0.2) is 11.0 Å². The van der Waals surface area contributed by atoms with E-state index in [1.54, 1.807) is 0 Å². The quantitative estimate of drug-likeness (QED) is 0.164. The summed E-state index contributed by atoms with van der Waals surface area (Å²) < 4.78 is 8.47. The maximum absolute atomic E-state index is 12.5. The fourth-order valence-electron chi connectivity index (χ4n) is 3.32. The third-order valence-corrected chi connectivity index (χ3v) is 6.42. The number of aromatic nitrogens is 3. The second kappa shape index (κ2) is 11.8. The standard InChI is InChI=1S/C26H24BrN5O2S/c1-3-34-23-14-12-22(13-15-23)32-25(19-8-5-4-6-9-19)30-31-26(32)35-17-24(33)29-28-18(2)20-10-7-11-21(27)16-20/h4-16H,3,17H2,1-2H3,(H,29,33)/b28-18-. The fourth-order valence-corrected chi connectivity index (χ4v) is 4.46. The first-order chi connectivity index (χ1) is 17.0. The average molecular weight is 550 g/mol. The minimum absolute atomic E-state index is 0.138. The van der Waals surface area contributed by atoms with E-state index in [-0.39, 0.29) is 11.7 Å². The molecule has 3 aromatic carbocycles. The third kappa shape index (κ3) is 6.37. The molecule has 0 fully saturated rings. The number of ether oxygens (including phenoxy) is 1. The minimum atomic E-state index is -0.230. The predicted molar refractivity (Wildman–Crippen MR) is 143 cm³/mol. The highest BCUT2D eigenvalue weighted by atomic mass is 79.9. The summed E-state index contributed by atoms with van der Waals surface area (Å²) in [6, 6.07) is 25.3. The Morgan fingerprint density at radius 2 is 1.83 bits per heavy atom. The van der Waals surface area contributed by atoms with Crippen LogP contribution in [0.2, 0.25) is 0 Å². The molecule has 0 radical (unpaired) electrons. The van der Waals surface area contributed by atoms with Gasteiger partial charge in [0.2, 0.25) is 0 Å². The largest absolute Gasteiger partial charge is 0.494 e. The molecule has 0 saturated carbocycles. The zero-order valence-electron chi connectivity index (χ0n) is 19.3. The van der Waals surface area contributed by atoms with Crippen LogP contribution in [0, 0.1) is 0 Å². The lowest BCUT2D eigenvalue weighted by Crippen LogP contribution is -2.21. The van der Waals surface area contributed by atoms with Crippen LogP contribution in [0.1, 0.15) is 19.4 Å². The van der Waals surface area contributed by atoms with Crippen LogP contribution in [-0.4, -0.2) is 38.7 Å². The molecule has 1 amide bonds. The van der Waals surface area contributed by atoms with Crippen molar-refractivity contribution < 1.29 is 9.53 Å². The number of benzene rings is 3. The highest BCUT2D eigenvalue weighted by Gasteiger charge is 2.17. The number of amides is 1. The molecule has 0 unspecified atom stereocenters. The number of thioether (sulfide) groups is 1. The maximum atomic E-state index is 12.5. The average Bonchev–Trinajstić information content (AvgIpc) is 3.31. The van der Waals surface area contributed by atoms with Crippen molar-refractivity contribution >= 4 is 39.3 Å². The van der Waals surface area contributed by atoms with Crippen molar-refractivity contribution in [1.29, 1.82) is 0 Å². The highest BCUT2D eigenvalue weighted by molar-refractivity contribution is 9.10. The van der Waals surface area contributed by atoms with E-state index < -0.39 is 0 Å². The van der Waals surface area contributed by atoms with Crippen LogP contribution >= 0.6 is 27.7 Å². The van der Waals surface area contributed by atoms with Gasteiger partial charge in [0, 0.05) is 15.7 Å². The third-order valence-electron chi connectivity index (χ3n) is 4.99. The summed E-state index contributed by atoms with van der Waals surface area (Å²) >= 11 is 4.75. The van der Waals surface area contributed by atoms with Crippen molar-refractivity contribution in [3.05, 3.63) is 88.9 Å². The van der Waals surface area contributed by atoms with Crippen LogP contribution in [-0.2, 0) is 4.79 Å². The van der Waals surface area contributed by atoms with Gasteiger partial charge in [-0.15, -0.1) is 10.2 Å². The molecule has 4 aromatic rings. The van der Waals surface area contributed by atoms with Crippen LogP contribution in [0.15, 0.2) is 93.6 Å². The number of hydrogen-bond donors (Lipinski definition) is 1. The maximum Gasteiger partial charge on any atom is 0.250 e. The van der Waals surface area contributed by atoms with E-state index in [1.807, 2.05) is 97.3 Å². The Morgan fingerprint density at radius 3 is 2.54 bits per heavy atom. The molecule has 1 heterocycles. The molecular formula is C26H24BrN5O2S. The smallest absolute Gasteiger partial charge is 0.250 e. The first kappa shape index (κ1) is 24.7. The summed E-state index contributed by atoms with van der Waals surface area (Å²) in [5, 5.41) is 13.6. The van der Waals surface area contributed by atoms with Gasteiger partial charge in [0.1, 0.15) is 5.75 Å². The van der Waals surface area contributed by atoms with E-state index in [0.29, 0.717) is 23.3 Å². The first-order valence-electron chi connectivity index (χ1n) is 11.0. The molecule has 0 aliphatic heterocycles. The number of halogens is 1. The van der Waals surface area contributed by atoms with Crippen LogP contribution in [0.25, 0.3) is 17.1 Å². The van der Waals surface area contributed by atoms with Crippen molar-refractivity contribution in [2.75, 3.05) is 12.4 Å². The summed E-state index contributed by atoms with van der Waals surface area (Å²) in [5.74, 6) is 1.39. The Hall–Kier alpha value is -3.43. The van der Waals surface area contributed by atoms with E-state index in [9.17, 15) is 4.79 Å². The second-order valence-electron chi connectivity index (χ2n) is 7.47. The predicted octanol–water partition coefficient (Wildman–Crippen LogP) is 5.73. The molecule has 0 bridgehead atoms. The lowest BCUT2D eigenvalue weighted by Gasteiger charge is -2.11. The molecule has 0 aliphatic rings. The molecule has 178 valence electrons. The number of carbonyl (C=O) groups is 1. The Kier molecular flexibility index (Phi) is 8.33. The summed E-state index contributed by atoms with van der Waals surface area (Å²) in [4.78, 5) is 12.5. The van der Waals surface area contributed by atoms with Gasteiger partial charge in [0.05, 0.1) is 18.1 Å². The SMILES string of the molecule is CCOc1ccc(-n2c(SCC(=O)N/N=C(/C)c3cccc(Br)c3)nnc2-c2ccccc2)cc1. The van der Waals surface area contributed by atoms with Gasteiger partial charge in [-0.25, -0.2) is 5.43 Å². The Morgan fingerprint density at radius 1 is 1.06 bits per heavy atom. The Balaban J connectivity index is 1.52. The normalized spacial score (nSPS) is 11.3. The first-order valence-corrected chi connectivity index (χ1v) is 12.8. The van der Waals surface area contributed by atoms with Gasteiger partial charge >= 0.3 is 0 Å². The lowest BCUT2D eigenvalue weighted by atomic mass is 10.1. The van der Waals surface area contributed by atoms with E-state index in [2.05, 4.69) is 36.7 Å². The monoisotopic (exact) mass is 549 g/mol. The second-order valence-corrected chi connectivity index (χ2v) is 9.32. The van der Waals surface area contributed by atoms with Crippen molar-refractivity contribution in [3.8, 4) is 22.8 Å². The van der Waals surface area contributed by atoms with Gasteiger partial charge in [-0.2, -0.15) is 5.10 Å². The number of carbonyl (C=O) groups excluding carboxylic acids is 1. The van der Waals surface area contributed by atoms with Crippen LogP contribution in [0.4, 0.5) is 0 Å². The fraction of sp³-hybridized carbons (Fsp3) is 0.154. The van der Waals surface area contributed by atoms with Gasteiger partial charge in [0.25, 0.3) is 5.91 Å².